The van der Waals surface area contributed by atoms with E-state index in [0.717, 1.165) is 22.5 Å². The van der Waals surface area contributed by atoms with Crippen molar-refractivity contribution in [2.75, 3.05) is 13.2 Å². The molecule has 1 saturated heterocycles. The molecule has 5 nitrogen and oxygen atoms in total. The smallest absolute Gasteiger partial charge is 0.202 e. The molecule has 5 heteroatoms. The number of hydrogen-bond acceptors (Lipinski definition) is 5. The van der Waals surface area contributed by atoms with Crippen molar-refractivity contribution in [3.8, 4) is 5.75 Å². The van der Waals surface area contributed by atoms with Crippen molar-refractivity contribution in [2.24, 2.45) is 0 Å². The van der Waals surface area contributed by atoms with Crippen LogP contribution in [0, 0.1) is 0 Å². The van der Waals surface area contributed by atoms with Gasteiger partial charge in [-0.1, -0.05) is 24.3 Å². The summed E-state index contributed by atoms with van der Waals surface area (Å²) < 4.78 is 17.0. The molecule has 1 fully saturated rings. The summed E-state index contributed by atoms with van der Waals surface area (Å²) in [5.74, 6) is 1.39. The highest BCUT2D eigenvalue weighted by Gasteiger charge is 2.29. The van der Waals surface area contributed by atoms with Crippen molar-refractivity contribution < 1.29 is 24.4 Å². The summed E-state index contributed by atoms with van der Waals surface area (Å²) >= 11 is 0. The summed E-state index contributed by atoms with van der Waals surface area (Å²) in [4.78, 5) is 0. The Morgan fingerprint density at radius 1 is 1.23 bits per heavy atom. The van der Waals surface area contributed by atoms with Crippen molar-refractivity contribution in [3.63, 3.8) is 0 Å². The van der Waals surface area contributed by atoms with Crippen LogP contribution in [0.4, 0.5) is 0 Å². The minimum absolute atomic E-state index is 0.134. The first kappa shape index (κ1) is 20.5. The van der Waals surface area contributed by atoms with E-state index in [2.05, 4.69) is 6.58 Å². The van der Waals surface area contributed by atoms with Crippen molar-refractivity contribution in [1.29, 1.82) is 0 Å². The van der Waals surface area contributed by atoms with Gasteiger partial charge in [-0.05, 0) is 44.0 Å². The Balaban J connectivity index is 2.02. The zero-order chi connectivity index (χ0) is 19.1. The number of allylic oxidation sites excluding steroid dienone is 2. The van der Waals surface area contributed by atoms with Crippen LogP contribution in [0.1, 0.15) is 39.2 Å². The average molecular weight is 362 g/mol. The lowest BCUT2D eigenvalue weighted by Gasteiger charge is -2.33. The second-order valence-electron chi connectivity index (χ2n) is 6.77. The quantitative estimate of drug-likeness (QED) is 0.548. The molecular weight excluding hydrogens is 332 g/mol. The third-order valence-corrected chi connectivity index (χ3v) is 4.38. The van der Waals surface area contributed by atoms with E-state index in [0.29, 0.717) is 31.6 Å². The van der Waals surface area contributed by atoms with Gasteiger partial charge in [0, 0.05) is 19.3 Å². The second kappa shape index (κ2) is 9.76. The highest BCUT2D eigenvalue weighted by atomic mass is 16.7. The van der Waals surface area contributed by atoms with Gasteiger partial charge in [0.2, 0.25) is 6.29 Å². The predicted octanol–water partition coefficient (Wildman–Crippen LogP) is 3.35. The Bertz CT molecular complexity index is 616. The zero-order valence-electron chi connectivity index (χ0n) is 15.9. The lowest BCUT2D eigenvalue weighted by molar-refractivity contribution is -0.204. The molecule has 3 atom stereocenters. The molecule has 0 spiro atoms. The van der Waals surface area contributed by atoms with Gasteiger partial charge in [-0.2, -0.15) is 0 Å². The monoisotopic (exact) mass is 362 g/mol. The molecule has 0 unspecified atom stereocenters. The predicted molar refractivity (Wildman–Crippen MR) is 101 cm³/mol. The van der Waals surface area contributed by atoms with E-state index in [4.69, 9.17) is 14.2 Å². The SMILES string of the molecule is C=C(O[C@H]1C[C@@H](O)C[C@@H](CO)O1)C(Cc1ccc(OCC)cc1)=C(C)C. The number of aliphatic hydroxyl groups is 2. The molecule has 1 aliphatic heterocycles. The van der Waals surface area contributed by atoms with Gasteiger partial charge in [-0.15, -0.1) is 0 Å². The third kappa shape index (κ3) is 5.87. The molecular formula is C21H30O5. The summed E-state index contributed by atoms with van der Waals surface area (Å²) in [5.41, 5.74) is 3.24. The molecule has 26 heavy (non-hydrogen) atoms. The van der Waals surface area contributed by atoms with E-state index in [1.54, 1.807) is 0 Å². The third-order valence-electron chi connectivity index (χ3n) is 4.38. The molecule has 2 rings (SSSR count). The van der Waals surface area contributed by atoms with E-state index >= 15 is 0 Å². The van der Waals surface area contributed by atoms with Crippen LogP contribution in [0.3, 0.4) is 0 Å². The first-order valence-corrected chi connectivity index (χ1v) is 9.11. The molecule has 0 bridgehead atoms. The van der Waals surface area contributed by atoms with Gasteiger partial charge in [-0.25, -0.2) is 0 Å². The number of hydrogen-bond donors (Lipinski definition) is 2. The molecule has 0 aliphatic carbocycles. The van der Waals surface area contributed by atoms with Gasteiger partial charge >= 0.3 is 0 Å². The summed E-state index contributed by atoms with van der Waals surface area (Å²) in [6.45, 7) is 10.6. The minimum Gasteiger partial charge on any atom is -0.494 e. The Labute approximate surface area is 155 Å². The van der Waals surface area contributed by atoms with Crippen molar-refractivity contribution in [2.45, 2.75) is 58.5 Å². The molecule has 0 amide bonds. The molecule has 144 valence electrons. The first-order chi connectivity index (χ1) is 12.4. The standard InChI is InChI=1S/C21H30O5/c1-5-24-18-8-6-16(7-9-18)10-20(14(2)3)15(4)25-21-12-17(23)11-19(13-22)26-21/h6-9,17,19,21-23H,4-5,10-13H2,1-3H3/t17-,19-,21+/m0/s1. The van der Waals surface area contributed by atoms with E-state index in [9.17, 15) is 10.2 Å². The normalized spacial score (nSPS) is 22.6. The van der Waals surface area contributed by atoms with Crippen LogP contribution in [-0.2, 0) is 15.9 Å². The highest BCUT2D eigenvalue weighted by molar-refractivity contribution is 5.36. The minimum atomic E-state index is -0.599. The largest absolute Gasteiger partial charge is 0.494 e. The first-order valence-electron chi connectivity index (χ1n) is 9.11. The van der Waals surface area contributed by atoms with Crippen LogP contribution in [0.5, 0.6) is 5.75 Å². The van der Waals surface area contributed by atoms with E-state index in [1.807, 2.05) is 45.0 Å². The Hall–Kier alpha value is -1.82. The van der Waals surface area contributed by atoms with Crippen LogP contribution < -0.4 is 4.74 Å². The molecule has 1 heterocycles. The fraction of sp³-hybridized carbons (Fsp3) is 0.524. The van der Waals surface area contributed by atoms with Gasteiger partial charge in [0.1, 0.15) is 11.5 Å². The van der Waals surface area contributed by atoms with Crippen molar-refractivity contribution in [1.82, 2.24) is 0 Å². The average Bonchev–Trinajstić information content (AvgIpc) is 2.60. The van der Waals surface area contributed by atoms with Crippen LogP contribution >= 0.6 is 0 Å². The van der Waals surface area contributed by atoms with Crippen LogP contribution in [0.2, 0.25) is 0 Å². The van der Waals surface area contributed by atoms with E-state index in [1.165, 1.54) is 0 Å². The van der Waals surface area contributed by atoms with Gasteiger partial charge in [0.15, 0.2) is 0 Å². The van der Waals surface area contributed by atoms with Gasteiger partial charge in [0.05, 0.1) is 25.4 Å². The van der Waals surface area contributed by atoms with Crippen LogP contribution in [-0.4, -0.2) is 41.9 Å². The summed E-state index contributed by atoms with van der Waals surface area (Å²) in [7, 11) is 0. The van der Waals surface area contributed by atoms with Crippen molar-refractivity contribution >= 4 is 0 Å². The molecule has 1 aromatic carbocycles. The Morgan fingerprint density at radius 3 is 2.50 bits per heavy atom. The second-order valence-corrected chi connectivity index (χ2v) is 6.77. The molecule has 0 radical (unpaired) electrons. The van der Waals surface area contributed by atoms with Crippen LogP contribution in [0.15, 0.2) is 47.7 Å². The van der Waals surface area contributed by atoms with Gasteiger partial charge in [0.25, 0.3) is 0 Å². The molecule has 2 N–H and O–H groups in total. The van der Waals surface area contributed by atoms with E-state index in [-0.39, 0.29) is 6.61 Å². The zero-order valence-corrected chi connectivity index (χ0v) is 15.9. The topological polar surface area (TPSA) is 68.2 Å². The summed E-state index contributed by atoms with van der Waals surface area (Å²) in [6.07, 6.45) is -0.0679. The van der Waals surface area contributed by atoms with Gasteiger partial charge < -0.3 is 24.4 Å². The lowest BCUT2D eigenvalue weighted by Crippen LogP contribution is -2.38. The van der Waals surface area contributed by atoms with E-state index < -0.39 is 18.5 Å². The molecule has 0 saturated carbocycles. The molecule has 1 aliphatic rings. The number of benzene rings is 1. The maximum absolute atomic E-state index is 9.92. The fourth-order valence-electron chi connectivity index (χ4n) is 3.00. The van der Waals surface area contributed by atoms with Crippen LogP contribution in [0.25, 0.3) is 0 Å². The maximum atomic E-state index is 9.92. The number of rotatable bonds is 8. The Morgan fingerprint density at radius 2 is 1.92 bits per heavy atom. The van der Waals surface area contributed by atoms with Gasteiger partial charge in [-0.3, -0.25) is 0 Å². The lowest BCUT2D eigenvalue weighted by atomic mass is 10.00. The maximum Gasteiger partial charge on any atom is 0.202 e. The number of ether oxygens (including phenoxy) is 3. The van der Waals surface area contributed by atoms with Crippen molar-refractivity contribution in [3.05, 3.63) is 53.3 Å². The highest BCUT2D eigenvalue weighted by Crippen LogP contribution is 2.27. The summed E-state index contributed by atoms with van der Waals surface area (Å²) in [5, 5.41) is 19.2. The summed E-state index contributed by atoms with van der Waals surface area (Å²) in [6, 6.07) is 7.97. The fourth-order valence-corrected chi connectivity index (χ4v) is 3.00. The number of aliphatic hydroxyl groups excluding tert-OH is 2. The Kier molecular flexibility index (Phi) is 7.69. The molecule has 0 aromatic heterocycles. The molecule has 1 aromatic rings.